The van der Waals surface area contributed by atoms with E-state index in [-0.39, 0.29) is 18.4 Å². The van der Waals surface area contributed by atoms with E-state index in [4.69, 9.17) is 9.47 Å². The third-order valence-electron chi connectivity index (χ3n) is 5.22. The summed E-state index contributed by atoms with van der Waals surface area (Å²) in [5.41, 5.74) is 0. The van der Waals surface area contributed by atoms with Gasteiger partial charge < -0.3 is 9.47 Å². The van der Waals surface area contributed by atoms with Crippen molar-refractivity contribution < 1.29 is 19.1 Å². The van der Waals surface area contributed by atoms with Crippen molar-refractivity contribution in [2.75, 3.05) is 13.2 Å². The van der Waals surface area contributed by atoms with Gasteiger partial charge in [-0.25, -0.2) is 0 Å². The molecular weight excluding hydrogens is 376 g/mol. The molecule has 4 nitrogen and oxygen atoms in total. The van der Waals surface area contributed by atoms with Gasteiger partial charge >= 0.3 is 11.9 Å². The second kappa shape index (κ2) is 24.0. The number of rotatable bonds is 22. The van der Waals surface area contributed by atoms with Crippen molar-refractivity contribution >= 4 is 11.9 Å². The number of ether oxygens (including phenoxy) is 2. The summed E-state index contributed by atoms with van der Waals surface area (Å²) in [6.07, 6.45) is 23.9. The van der Waals surface area contributed by atoms with Crippen LogP contribution in [0, 0.1) is 0 Å². The van der Waals surface area contributed by atoms with Crippen molar-refractivity contribution in [2.24, 2.45) is 0 Å². The standard InChI is InChI=1S/C26H48O4/c1-3-5-7-9-10-11-12-13-14-15-16-17-19-24-30-26(28)22-20-21-25(27)29-23-18-8-6-4-2/h6,8H,3-5,7,9-24H2,1-2H3/b8-6-. The second-order valence-corrected chi connectivity index (χ2v) is 8.21. The molecule has 176 valence electrons. The van der Waals surface area contributed by atoms with E-state index in [1.165, 1.54) is 70.6 Å². The van der Waals surface area contributed by atoms with Crippen LogP contribution in [0.2, 0.25) is 0 Å². The molecule has 0 heterocycles. The number of hydrogen-bond donors (Lipinski definition) is 0. The summed E-state index contributed by atoms with van der Waals surface area (Å²) >= 11 is 0. The summed E-state index contributed by atoms with van der Waals surface area (Å²) in [5, 5.41) is 0. The number of allylic oxidation sites excluding steroid dienone is 1. The summed E-state index contributed by atoms with van der Waals surface area (Å²) in [4.78, 5) is 23.2. The van der Waals surface area contributed by atoms with Crippen molar-refractivity contribution in [1.29, 1.82) is 0 Å². The van der Waals surface area contributed by atoms with Gasteiger partial charge in [0.05, 0.1) is 13.2 Å². The topological polar surface area (TPSA) is 52.6 Å². The Labute approximate surface area is 186 Å². The minimum absolute atomic E-state index is 0.201. The number of carbonyl (C=O) groups excluding carboxylic acids is 2. The Hall–Kier alpha value is -1.32. The maximum atomic E-state index is 11.7. The van der Waals surface area contributed by atoms with Crippen LogP contribution in [0.25, 0.3) is 0 Å². The number of esters is 2. The van der Waals surface area contributed by atoms with Crippen molar-refractivity contribution in [3.8, 4) is 0 Å². The van der Waals surface area contributed by atoms with E-state index in [0.717, 1.165) is 25.7 Å². The van der Waals surface area contributed by atoms with Crippen LogP contribution in [-0.4, -0.2) is 25.2 Å². The monoisotopic (exact) mass is 424 g/mol. The van der Waals surface area contributed by atoms with Crippen LogP contribution >= 0.6 is 0 Å². The molecule has 0 atom stereocenters. The van der Waals surface area contributed by atoms with Gasteiger partial charge in [-0.15, -0.1) is 0 Å². The van der Waals surface area contributed by atoms with Gasteiger partial charge in [-0.05, 0) is 25.7 Å². The highest BCUT2D eigenvalue weighted by Crippen LogP contribution is 2.12. The lowest BCUT2D eigenvalue weighted by molar-refractivity contribution is -0.145. The van der Waals surface area contributed by atoms with Gasteiger partial charge in [-0.3, -0.25) is 9.59 Å². The lowest BCUT2D eigenvalue weighted by Gasteiger charge is -2.06. The Balaban J connectivity index is 3.28. The van der Waals surface area contributed by atoms with Gasteiger partial charge in [0.15, 0.2) is 0 Å². The molecule has 0 aromatic carbocycles. The van der Waals surface area contributed by atoms with E-state index in [2.05, 4.69) is 19.9 Å². The van der Waals surface area contributed by atoms with Crippen LogP contribution in [0.3, 0.4) is 0 Å². The fourth-order valence-corrected chi connectivity index (χ4v) is 3.35. The Morgan fingerprint density at radius 3 is 1.53 bits per heavy atom. The predicted octanol–water partition coefficient (Wildman–Crippen LogP) is 7.69. The van der Waals surface area contributed by atoms with E-state index in [1.54, 1.807) is 0 Å². The first kappa shape index (κ1) is 28.7. The van der Waals surface area contributed by atoms with E-state index in [0.29, 0.717) is 26.1 Å². The van der Waals surface area contributed by atoms with Crippen LogP contribution < -0.4 is 0 Å². The molecule has 0 radical (unpaired) electrons. The molecule has 0 aromatic rings. The van der Waals surface area contributed by atoms with Gasteiger partial charge in [0, 0.05) is 12.8 Å². The minimum atomic E-state index is -0.232. The molecule has 0 aliphatic heterocycles. The fraction of sp³-hybridized carbons (Fsp3) is 0.846. The van der Waals surface area contributed by atoms with Crippen molar-refractivity contribution in [2.45, 2.75) is 129 Å². The zero-order valence-electron chi connectivity index (χ0n) is 19.9. The fourth-order valence-electron chi connectivity index (χ4n) is 3.35. The van der Waals surface area contributed by atoms with Crippen LogP contribution in [0.5, 0.6) is 0 Å². The van der Waals surface area contributed by atoms with Gasteiger partial charge in [-0.1, -0.05) is 103 Å². The molecule has 30 heavy (non-hydrogen) atoms. The molecule has 0 fully saturated rings. The number of unbranched alkanes of at least 4 members (excludes halogenated alkanes) is 12. The minimum Gasteiger partial charge on any atom is -0.466 e. The van der Waals surface area contributed by atoms with Crippen LogP contribution in [0.1, 0.15) is 129 Å². The number of carbonyl (C=O) groups is 2. The highest BCUT2D eigenvalue weighted by Gasteiger charge is 2.07. The van der Waals surface area contributed by atoms with Crippen LogP contribution in [-0.2, 0) is 19.1 Å². The van der Waals surface area contributed by atoms with E-state index in [9.17, 15) is 9.59 Å². The summed E-state index contributed by atoms with van der Waals surface area (Å²) in [5.74, 6) is -0.434. The van der Waals surface area contributed by atoms with Gasteiger partial charge in [0.2, 0.25) is 0 Å². The summed E-state index contributed by atoms with van der Waals surface area (Å²) in [6.45, 7) is 5.25. The largest absolute Gasteiger partial charge is 0.466 e. The van der Waals surface area contributed by atoms with Crippen molar-refractivity contribution in [1.82, 2.24) is 0 Å². The Bertz CT molecular complexity index is 417. The first-order chi connectivity index (χ1) is 14.7. The predicted molar refractivity (Wildman–Crippen MR) is 126 cm³/mol. The Morgan fingerprint density at radius 2 is 1.03 bits per heavy atom. The third-order valence-corrected chi connectivity index (χ3v) is 5.22. The summed E-state index contributed by atoms with van der Waals surface area (Å²) < 4.78 is 10.4. The average Bonchev–Trinajstić information content (AvgIpc) is 2.74. The molecule has 0 aliphatic rings. The first-order valence-corrected chi connectivity index (χ1v) is 12.7. The molecule has 0 saturated carbocycles. The Morgan fingerprint density at radius 1 is 0.567 bits per heavy atom. The van der Waals surface area contributed by atoms with Crippen LogP contribution in [0.4, 0.5) is 0 Å². The normalized spacial score (nSPS) is 11.1. The van der Waals surface area contributed by atoms with E-state index >= 15 is 0 Å². The van der Waals surface area contributed by atoms with E-state index < -0.39 is 0 Å². The molecule has 0 aliphatic carbocycles. The molecule has 0 rings (SSSR count). The quantitative estimate of drug-likeness (QED) is 0.101. The molecule has 0 N–H and O–H groups in total. The van der Waals surface area contributed by atoms with E-state index in [1.807, 2.05) is 6.08 Å². The molecule has 0 unspecified atom stereocenters. The zero-order valence-corrected chi connectivity index (χ0v) is 19.9. The van der Waals surface area contributed by atoms with Crippen molar-refractivity contribution in [3.63, 3.8) is 0 Å². The van der Waals surface area contributed by atoms with Gasteiger partial charge in [-0.2, -0.15) is 0 Å². The smallest absolute Gasteiger partial charge is 0.305 e. The molecule has 0 saturated heterocycles. The maximum absolute atomic E-state index is 11.7. The Kier molecular flexibility index (Phi) is 22.9. The molecular formula is C26H48O4. The zero-order chi connectivity index (χ0) is 22.1. The summed E-state index contributed by atoms with van der Waals surface area (Å²) in [6, 6.07) is 0. The van der Waals surface area contributed by atoms with Crippen LogP contribution in [0.15, 0.2) is 12.2 Å². The lowest BCUT2D eigenvalue weighted by atomic mass is 10.0. The molecule has 0 spiro atoms. The molecule has 0 amide bonds. The SMILES string of the molecule is CC/C=C\CCOC(=O)CCCC(=O)OCCCCCCCCCCCCCCC. The molecule has 4 heteroatoms. The first-order valence-electron chi connectivity index (χ1n) is 12.7. The lowest BCUT2D eigenvalue weighted by Crippen LogP contribution is -2.09. The highest BCUT2D eigenvalue weighted by atomic mass is 16.5. The highest BCUT2D eigenvalue weighted by molar-refractivity contribution is 5.72. The third kappa shape index (κ3) is 23.0. The molecule has 0 bridgehead atoms. The van der Waals surface area contributed by atoms with Gasteiger partial charge in [0.1, 0.15) is 0 Å². The summed E-state index contributed by atoms with van der Waals surface area (Å²) in [7, 11) is 0. The second-order valence-electron chi connectivity index (χ2n) is 8.21. The van der Waals surface area contributed by atoms with Gasteiger partial charge in [0.25, 0.3) is 0 Å². The maximum Gasteiger partial charge on any atom is 0.305 e. The molecule has 0 aromatic heterocycles. The average molecular weight is 425 g/mol. The van der Waals surface area contributed by atoms with Crippen molar-refractivity contribution in [3.05, 3.63) is 12.2 Å². The number of hydrogen-bond acceptors (Lipinski definition) is 4.